The molecule has 0 atom stereocenters. The lowest BCUT2D eigenvalue weighted by Gasteiger charge is -2.25. The minimum Gasteiger partial charge on any atom is -0.397 e. The number of pyridine rings is 1. The van der Waals surface area contributed by atoms with Crippen LogP contribution >= 0.6 is 0 Å². The fourth-order valence-electron chi connectivity index (χ4n) is 2.00. The molecule has 1 aromatic heterocycles. The summed E-state index contributed by atoms with van der Waals surface area (Å²) in [5.74, 6) is 1.57. The SMILES string of the molecule is CN(C(=O)CCC1CCC1)c1ccc(N)cn1. The highest BCUT2D eigenvalue weighted by molar-refractivity contribution is 5.91. The van der Waals surface area contributed by atoms with Crippen molar-refractivity contribution in [1.29, 1.82) is 0 Å². The van der Waals surface area contributed by atoms with Gasteiger partial charge in [-0.1, -0.05) is 19.3 Å². The third-order valence-corrected chi connectivity index (χ3v) is 3.48. The zero-order valence-electron chi connectivity index (χ0n) is 10.2. The van der Waals surface area contributed by atoms with Crippen molar-refractivity contribution < 1.29 is 4.79 Å². The Kier molecular flexibility index (Phi) is 3.61. The Morgan fingerprint density at radius 1 is 1.53 bits per heavy atom. The van der Waals surface area contributed by atoms with E-state index in [0.717, 1.165) is 12.3 Å². The van der Waals surface area contributed by atoms with Crippen LogP contribution in [0.4, 0.5) is 11.5 Å². The van der Waals surface area contributed by atoms with Crippen LogP contribution in [0.1, 0.15) is 32.1 Å². The molecule has 2 N–H and O–H groups in total. The van der Waals surface area contributed by atoms with Gasteiger partial charge >= 0.3 is 0 Å². The highest BCUT2D eigenvalue weighted by Crippen LogP contribution is 2.30. The van der Waals surface area contributed by atoms with Crippen molar-refractivity contribution in [3.05, 3.63) is 18.3 Å². The number of nitrogens with two attached hydrogens (primary N) is 1. The third kappa shape index (κ3) is 2.96. The molecule has 1 heterocycles. The summed E-state index contributed by atoms with van der Waals surface area (Å²) in [4.78, 5) is 17.7. The smallest absolute Gasteiger partial charge is 0.227 e. The molecule has 0 aliphatic heterocycles. The molecule has 1 saturated carbocycles. The maximum Gasteiger partial charge on any atom is 0.227 e. The van der Waals surface area contributed by atoms with Crippen LogP contribution in [-0.4, -0.2) is 17.9 Å². The molecular weight excluding hydrogens is 214 g/mol. The lowest BCUT2D eigenvalue weighted by Crippen LogP contribution is -2.27. The summed E-state index contributed by atoms with van der Waals surface area (Å²) in [6.07, 6.45) is 7.11. The van der Waals surface area contributed by atoms with Crippen molar-refractivity contribution in [2.45, 2.75) is 32.1 Å². The topological polar surface area (TPSA) is 59.2 Å². The molecule has 0 bridgehead atoms. The predicted octanol–water partition coefficient (Wildman–Crippen LogP) is 2.21. The first-order valence-electron chi connectivity index (χ1n) is 6.15. The number of anilines is 2. The molecule has 1 fully saturated rings. The van der Waals surface area contributed by atoms with E-state index < -0.39 is 0 Å². The molecule has 0 spiro atoms. The van der Waals surface area contributed by atoms with Crippen LogP contribution < -0.4 is 10.6 Å². The maximum atomic E-state index is 11.9. The Bertz CT molecular complexity index is 384. The number of hydrogen-bond acceptors (Lipinski definition) is 3. The van der Waals surface area contributed by atoms with Gasteiger partial charge in [-0.2, -0.15) is 0 Å². The van der Waals surface area contributed by atoms with Gasteiger partial charge < -0.3 is 5.73 Å². The number of amides is 1. The number of nitrogens with zero attached hydrogens (tertiary/aromatic N) is 2. The second kappa shape index (κ2) is 5.17. The predicted molar refractivity (Wildman–Crippen MR) is 68.6 cm³/mol. The van der Waals surface area contributed by atoms with Crippen LogP contribution in [0.5, 0.6) is 0 Å². The average molecular weight is 233 g/mol. The van der Waals surface area contributed by atoms with Gasteiger partial charge in [0.15, 0.2) is 0 Å². The summed E-state index contributed by atoms with van der Waals surface area (Å²) in [5, 5.41) is 0. The van der Waals surface area contributed by atoms with Crippen molar-refractivity contribution in [3.63, 3.8) is 0 Å². The minimum atomic E-state index is 0.133. The van der Waals surface area contributed by atoms with Crippen LogP contribution in [0.25, 0.3) is 0 Å². The lowest BCUT2D eigenvalue weighted by atomic mass is 9.82. The minimum absolute atomic E-state index is 0.133. The highest BCUT2D eigenvalue weighted by atomic mass is 16.2. The highest BCUT2D eigenvalue weighted by Gasteiger charge is 2.20. The van der Waals surface area contributed by atoms with Crippen LogP contribution in [0.3, 0.4) is 0 Å². The summed E-state index contributed by atoms with van der Waals surface area (Å²) in [7, 11) is 1.77. The Morgan fingerprint density at radius 3 is 2.82 bits per heavy atom. The standard InChI is InChI=1S/C13H19N3O/c1-16(12-7-6-11(14)9-15-12)13(17)8-5-10-3-2-4-10/h6-7,9-10H,2-5,8,14H2,1H3. The number of rotatable bonds is 4. The van der Waals surface area contributed by atoms with Gasteiger partial charge in [-0.3, -0.25) is 9.69 Å². The Morgan fingerprint density at radius 2 is 2.29 bits per heavy atom. The first-order valence-corrected chi connectivity index (χ1v) is 6.15. The lowest BCUT2D eigenvalue weighted by molar-refractivity contribution is -0.118. The van der Waals surface area contributed by atoms with E-state index >= 15 is 0 Å². The van der Waals surface area contributed by atoms with Gasteiger partial charge in [-0.25, -0.2) is 4.98 Å². The van der Waals surface area contributed by atoms with E-state index in [0.29, 0.717) is 17.9 Å². The molecule has 1 aliphatic rings. The Hall–Kier alpha value is -1.58. The number of carbonyl (C=O) groups is 1. The second-order valence-electron chi connectivity index (χ2n) is 4.74. The first-order chi connectivity index (χ1) is 8.16. The van der Waals surface area contributed by atoms with Crippen molar-refractivity contribution >= 4 is 17.4 Å². The molecule has 0 radical (unpaired) electrons. The van der Waals surface area contributed by atoms with Gasteiger partial charge in [0.05, 0.1) is 11.9 Å². The molecule has 92 valence electrons. The summed E-state index contributed by atoms with van der Waals surface area (Å²) in [5.41, 5.74) is 6.18. The molecule has 1 aliphatic carbocycles. The van der Waals surface area contributed by atoms with Gasteiger partial charge in [-0.15, -0.1) is 0 Å². The maximum absolute atomic E-state index is 11.9. The summed E-state index contributed by atoms with van der Waals surface area (Å²) >= 11 is 0. The van der Waals surface area contributed by atoms with E-state index in [1.165, 1.54) is 19.3 Å². The van der Waals surface area contributed by atoms with E-state index in [4.69, 9.17) is 5.73 Å². The largest absolute Gasteiger partial charge is 0.397 e. The third-order valence-electron chi connectivity index (χ3n) is 3.48. The second-order valence-corrected chi connectivity index (χ2v) is 4.74. The van der Waals surface area contributed by atoms with Crippen molar-refractivity contribution in [1.82, 2.24) is 4.98 Å². The van der Waals surface area contributed by atoms with Gasteiger partial charge in [0.1, 0.15) is 5.82 Å². The van der Waals surface area contributed by atoms with Crippen LogP contribution in [0, 0.1) is 5.92 Å². The van der Waals surface area contributed by atoms with Crippen molar-refractivity contribution in [3.8, 4) is 0 Å². The van der Waals surface area contributed by atoms with E-state index in [9.17, 15) is 4.79 Å². The molecule has 0 aromatic carbocycles. The molecule has 0 saturated heterocycles. The number of carbonyl (C=O) groups excluding carboxylic acids is 1. The molecule has 2 rings (SSSR count). The molecule has 0 unspecified atom stereocenters. The average Bonchev–Trinajstić information content (AvgIpc) is 2.27. The zero-order valence-corrected chi connectivity index (χ0v) is 10.2. The van der Waals surface area contributed by atoms with E-state index in [-0.39, 0.29) is 5.91 Å². The number of aromatic nitrogens is 1. The summed E-state index contributed by atoms with van der Waals surface area (Å²) in [6.45, 7) is 0. The Balaban J connectivity index is 1.87. The monoisotopic (exact) mass is 233 g/mol. The van der Waals surface area contributed by atoms with Crippen molar-refractivity contribution in [2.75, 3.05) is 17.7 Å². The molecule has 1 amide bonds. The van der Waals surface area contributed by atoms with Crippen LogP contribution in [-0.2, 0) is 4.79 Å². The quantitative estimate of drug-likeness (QED) is 0.867. The van der Waals surface area contributed by atoms with E-state index in [1.807, 2.05) is 0 Å². The van der Waals surface area contributed by atoms with Crippen LogP contribution in [0.2, 0.25) is 0 Å². The first kappa shape index (κ1) is 11.9. The van der Waals surface area contributed by atoms with E-state index in [2.05, 4.69) is 4.98 Å². The fourth-order valence-corrected chi connectivity index (χ4v) is 2.00. The Labute approximate surface area is 102 Å². The molecule has 17 heavy (non-hydrogen) atoms. The fraction of sp³-hybridized carbons (Fsp3) is 0.538. The van der Waals surface area contributed by atoms with Gasteiger partial charge in [0, 0.05) is 13.5 Å². The number of nitrogen functional groups attached to an aromatic ring is 1. The number of hydrogen-bond donors (Lipinski definition) is 1. The molecule has 4 nitrogen and oxygen atoms in total. The van der Waals surface area contributed by atoms with Crippen molar-refractivity contribution in [2.24, 2.45) is 5.92 Å². The van der Waals surface area contributed by atoms with E-state index in [1.54, 1.807) is 30.3 Å². The molecule has 4 heteroatoms. The van der Waals surface area contributed by atoms with Crippen LogP contribution in [0.15, 0.2) is 18.3 Å². The van der Waals surface area contributed by atoms with Gasteiger partial charge in [0.2, 0.25) is 5.91 Å². The zero-order chi connectivity index (χ0) is 12.3. The summed E-state index contributed by atoms with van der Waals surface area (Å²) in [6, 6.07) is 3.54. The molecule has 1 aromatic rings. The molecular formula is C13H19N3O. The van der Waals surface area contributed by atoms with Gasteiger partial charge in [-0.05, 0) is 24.5 Å². The van der Waals surface area contributed by atoms with Gasteiger partial charge in [0.25, 0.3) is 0 Å². The normalized spacial score (nSPS) is 15.4. The summed E-state index contributed by atoms with van der Waals surface area (Å²) < 4.78 is 0.